The van der Waals surface area contributed by atoms with E-state index >= 15 is 0 Å². The molecular weight excluding hydrogens is 325 g/mol. The van der Waals surface area contributed by atoms with E-state index in [4.69, 9.17) is 0 Å². The fourth-order valence-electron chi connectivity index (χ4n) is 1.01. The highest BCUT2D eigenvalue weighted by molar-refractivity contribution is 9.10. The number of alkyl halides is 3. The van der Waals surface area contributed by atoms with Crippen LogP contribution in [0.15, 0.2) is 22.7 Å². The average Bonchev–Trinajstić information content (AvgIpc) is 2.18. The molecule has 0 aromatic heterocycles. The quantitative estimate of drug-likeness (QED) is 0.631. The van der Waals surface area contributed by atoms with Gasteiger partial charge in [-0.2, -0.15) is 21.6 Å². The Morgan fingerprint density at radius 2 is 1.94 bits per heavy atom. The van der Waals surface area contributed by atoms with Gasteiger partial charge in [0.05, 0.1) is 6.61 Å². The monoisotopic (exact) mass is 332 g/mol. The summed E-state index contributed by atoms with van der Waals surface area (Å²) in [5, 5.41) is 0. The van der Waals surface area contributed by atoms with Crippen molar-refractivity contribution in [3.8, 4) is 0 Å². The van der Waals surface area contributed by atoms with E-state index in [1.54, 1.807) is 13.0 Å². The third kappa shape index (κ3) is 3.68. The predicted molar refractivity (Wildman–Crippen MR) is 58.6 cm³/mol. The molecule has 8 heteroatoms. The Morgan fingerprint density at radius 1 is 1.35 bits per heavy atom. The Morgan fingerprint density at radius 3 is 2.41 bits per heavy atom. The van der Waals surface area contributed by atoms with Crippen molar-refractivity contribution in [2.45, 2.75) is 19.0 Å². The van der Waals surface area contributed by atoms with Crippen molar-refractivity contribution in [1.82, 2.24) is 0 Å². The van der Waals surface area contributed by atoms with Gasteiger partial charge >= 0.3 is 15.6 Å². The van der Waals surface area contributed by atoms with Crippen LogP contribution in [0.25, 0.3) is 0 Å². The zero-order valence-electron chi connectivity index (χ0n) is 8.58. The number of halogens is 4. The minimum atomic E-state index is -5.53. The molecule has 0 bridgehead atoms. The van der Waals surface area contributed by atoms with Gasteiger partial charge in [-0.05, 0) is 24.1 Å². The third-order valence-electron chi connectivity index (χ3n) is 1.89. The number of hydrogen-bond acceptors (Lipinski definition) is 3. The molecule has 17 heavy (non-hydrogen) atoms. The summed E-state index contributed by atoms with van der Waals surface area (Å²) in [5.74, 6) is 0. The summed E-state index contributed by atoms with van der Waals surface area (Å²) < 4.78 is 61.8. The third-order valence-corrected chi connectivity index (χ3v) is 3.77. The molecule has 3 nitrogen and oxygen atoms in total. The zero-order valence-corrected chi connectivity index (χ0v) is 11.0. The lowest BCUT2D eigenvalue weighted by Crippen LogP contribution is -2.25. The molecule has 0 unspecified atom stereocenters. The lowest BCUT2D eigenvalue weighted by molar-refractivity contribution is -0.0547. The number of benzene rings is 1. The van der Waals surface area contributed by atoms with E-state index in [0.29, 0.717) is 5.56 Å². The van der Waals surface area contributed by atoms with Gasteiger partial charge in [-0.1, -0.05) is 28.1 Å². The second-order valence-corrected chi connectivity index (χ2v) is 5.71. The van der Waals surface area contributed by atoms with E-state index in [2.05, 4.69) is 20.1 Å². The zero-order chi connectivity index (χ0) is 13.3. The number of aryl methyl sites for hydroxylation is 1. The summed E-state index contributed by atoms with van der Waals surface area (Å²) in [6, 6.07) is 4.62. The average molecular weight is 333 g/mol. The van der Waals surface area contributed by atoms with E-state index in [1.807, 2.05) is 0 Å². The summed E-state index contributed by atoms with van der Waals surface area (Å²) in [4.78, 5) is 0. The predicted octanol–water partition coefficient (Wildman–Crippen LogP) is 3.12. The molecule has 0 atom stereocenters. The van der Waals surface area contributed by atoms with Crippen LogP contribution in [0.1, 0.15) is 11.1 Å². The Hall–Kier alpha value is -0.600. The fraction of sp³-hybridized carbons (Fsp3) is 0.333. The first-order chi connectivity index (χ1) is 7.63. The van der Waals surface area contributed by atoms with Crippen LogP contribution < -0.4 is 0 Å². The molecule has 1 aromatic rings. The molecule has 96 valence electrons. The summed E-state index contributed by atoms with van der Waals surface area (Å²) in [5.41, 5.74) is -4.27. The smallest absolute Gasteiger partial charge is 0.258 e. The molecule has 0 heterocycles. The molecular formula is C9H8BrF3O3S. The van der Waals surface area contributed by atoms with Crippen molar-refractivity contribution in [3.05, 3.63) is 33.8 Å². The molecule has 0 amide bonds. The first-order valence-electron chi connectivity index (χ1n) is 4.34. The summed E-state index contributed by atoms with van der Waals surface area (Å²) in [7, 11) is -5.53. The van der Waals surface area contributed by atoms with Gasteiger partial charge in [0.1, 0.15) is 0 Å². The van der Waals surface area contributed by atoms with Crippen molar-refractivity contribution in [2.75, 3.05) is 0 Å². The number of rotatable bonds is 3. The highest BCUT2D eigenvalue weighted by Crippen LogP contribution is 2.26. The largest absolute Gasteiger partial charge is 0.523 e. The first kappa shape index (κ1) is 14.5. The van der Waals surface area contributed by atoms with Crippen LogP contribution in [0.2, 0.25) is 0 Å². The van der Waals surface area contributed by atoms with Crippen LogP contribution in [-0.2, 0) is 20.9 Å². The van der Waals surface area contributed by atoms with Crippen molar-refractivity contribution >= 4 is 26.0 Å². The van der Waals surface area contributed by atoms with Gasteiger partial charge in [0.25, 0.3) is 0 Å². The minimum absolute atomic E-state index is 0.346. The van der Waals surface area contributed by atoms with E-state index in [-0.39, 0.29) is 0 Å². The Labute approximate surface area is 105 Å². The van der Waals surface area contributed by atoms with Gasteiger partial charge in [0.2, 0.25) is 0 Å². The molecule has 0 spiro atoms. The number of hydrogen-bond donors (Lipinski definition) is 0. The first-order valence-corrected chi connectivity index (χ1v) is 6.54. The van der Waals surface area contributed by atoms with Crippen LogP contribution in [0.4, 0.5) is 13.2 Å². The van der Waals surface area contributed by atoms with Crippen LogP contribution in [0.3, 0.4) is 0 Å². The topological polar surface area (TPSA) is 43.4 Å². The van der Waals surface area contributed by atoms with E-state index in [9.17, 15) is 21.6 Å². The maximum Gasteiger partial charge on any atom is 0.523 e. The summed E-state index contributed by atoms with van der Waals surface area (Å²) >= 11 is 3.21. The van der Waals surface area contributed by atoms with Gasteiger partial charge in [-0.3, -0.25) is 4.18 Å². The highest BCUT2D eigenvalue weighted by Gasteiger charge is 2.47. The van der Waals surface area contributed by atoms with Crippen LogP contribution in [-0.4, -0.2) is 13.9 Å². The van der Waals surface area contributed by atoms with E-state index < -0.39 is 22.2 Å². The molecule has 0 aliphatic rings. The molecule has 0 fully saturated rings. The Bertz CT molecular complexity index is 511. The van der Waals surface area contributed by atoms with Gasteiger partial charge in [-0.25, -0.2) is 0 Å². The maximum absolute atomic E-state index is 12.0. The summed E-state index contributed by atoms with van der Waals surface area (Å²) in [6.07, 6.45) is 0. The molecule has 0 saturated carbocycles. The van der Waals surface area contributed by atoms with Crippen LogP contribution in [0, 0.1) is 6.92 Å². The van der Waals surface area contributed by atoms with E-state index in [1.165, 1.54) is 12.1 Å². The van der Waals surface area contributed by atoms with Gasteiger partial charge in [0, 0.05) is 4.47 Å². The van der Waals surface area contributed by atoms with Crippen molar-refractivity contribution in [3.63, 3.8) is 0 Å². The van der Waals surface area contributed by atoms with Crippen LogP contribution >= 0.6 is 15.9 Å². The van der Waals surface area contributed by atoms with E-state index in [0.717, 1.165) is 10.0 Å². The lowest BCUT2D eigenvalue weighted by Gasteiger charge is -2.09. The van der Waals surface area contributed by atoms with Gasteiger partial charge < -0.3 is 0 Å². The van der Waals surface area contributed by atoms with Crippen LogP contribution in [0.5, 0.6) is 0 Å². The van der Waals surface area contributed by atoms with Crippen molar-refractivity contribution in [1.29, 1.82) is 0 Å². The van der Waals surface area contributed by atoms with Crippen molar-refractivity contribution in [2.24, 2.45) is 0 Å². The second kappa shape index (κ2) is 4.95. The molecule has 1 aromatic carbocycles. The highest BCUT2D eigenvalue weighted by atomic mass is 79.9. The standard InChI is InChI=1S/C9H8BrF3O3S/c1-6-4-7(2-3-8(6)10)5-16-17(14,15)9(11,12)13/h2-4H,5H2,1H3. The molecule has 1 rings (SSSR count). The van der Waals surface area contributed by atoms with Gasteiger partial charge in [-0.15, -0.1) is 0 Å². The van der Waals surface area contributed by atoms with Gasteiger partial charge in [0.15, 0.2) is 0 Å². The Kier molecular flexibility index (Phi) is 4.21. The Balaban J connectivity index is 2.78. The van der Waals surface area contributed by atoms with Crippen molar-refractivity contribution < 1.29 is 25.8 Å². The minimum Gasteiger partial charge on any atom is -0.258 e. The summed E-state index contributed by atoms with van der Waals surface area (Å²) in [6.45, 7) is 1.09. The lowest BCUT2D eigenvalue weighted by atomic mass is 10.1. The molecule has 0 aliphatic heterocycles. The normalized spacial score (nSPS) is 12.8. The molecule has 0 saturated heterocycles. The fourth-order valence-corrected chi connectivity index (χ4v) is 1.68. The SMILES string of the molecule is Cc1cc(COS(=O)(=O)C(F)(F)F)ccc1Br. The molecule has 0 N–H and O–H groups in total. The molecule has 0 aliphatic carbocycles. The second-order valence-electron chi connectivity index (χ2n) is 3.25. The molecule has 0 radical (unpaired) electrons. The maximum atomic E-state index is 12.0.